The van der Waals surface area contributed by atoms with Gasteiger partial charge in [0.2, 0.25) is 0 Å². The van der Waals surface area contributed by atoms with Crippen LogP contribution in [0.5, 0.6) is 0 Å². The van der Waals surface area contributed by atoms with E-state index in [1.165, 1.54) is 0 Å². The molecule has 0 aliphatic heterocycles. The second kappa shape index (κ2) is 5.58. The zero-order chi connectivity index (χ0) is 13.8. The Labute approximate surface area is 112 Å². The number of benzene rings is 1. The van der Waals surface area contributed by atoms with Gasteiger partial charge in [0, 0.05) is 26.0 Å². The van der Waals surface area contributed by atoms with Gasteiger partial charge in [0.05, 0.1) is 12.3 Å². The molecule has 0 spiro atoms. The normalized spacial score (nSPS) is 10.4. The fourth-order valence-electron chi connectivity index (χ4n) is 1.92. The van der Waals surface area contributed by atoms with E-state index >= 15 is 0 Å². The van der Waals surface area contributed by atoms with Crippen LogP contribution < -0.4 is 11.1 Å². The molecule has 2 rings (SSSR count). The van der Waals surface area contributed by atoms with Crippen LogP contribution in [0.1, 0.15) is 16.1 Å². The smallest absolute Gasteiger partial charge is 0.272 e. The summed E-state index contributed by atoms with van der Waals surface area (Å²) >= 11 is 0. The number of aryl methyl sites for hydroxylation is 1. The highest BCUT2D eigenvalue weighted by Gasteiger charge is 2.11. The van der Waals surface area contributed by atoms with Crippen molar-refractivity contribution >= 4 is 17.3 Å². The predicted molar refractivity (Wildman–Crippen MR) is 74.9 cm³/mol. The van der Waals surface area contributed by atoms with Crippen molar-refractivity contribution in [2.45, 2.75) is 6.61 Å². The second-order valence-corrected chi connectivity index (χ2v) is 4.36. The highest BCUT2D eigenvalue weighted by atomic mass is 16.5. The molecule has 2 aromatic rings. The van der Waals surface area contributed by atoms with Crippen LogP contribution in [-0.2, 0) is 18.4 Å². The molecular formula is C14H17N3O2. The first-order valence-corrected chi connectivity index (χ1v) is 5.91. The van der Waals surface area contributed by atoms with Crippen LogP contribution in [0, 0.1) is 0 Å². The van der Waals surface area contributed by atoms with E-state index in [1.54, 1.807) is 31.0 Å². The van der Waals surface area contributed by atoms with E-state index in [1.807, 2.05) is 24.3 Å². The van der Waals surface area contributed by atoms with Crippen LogP contribution in [0.25, 0.3) is 0 Å². The summed E-state index contributed by atoms with van der Waals surface area (Å²) in [6, 6.07) is 9.19. The van der Waals surface area contributed by atoms with Crippen LogP contribution in [0.4, 0.5) is 11.4 Å². The van der Waals surface area contributed by atoms with Crippen molar-refractivity contribution in [2.75, 3.05) is 18.2 Å². The Morgan fingerprint density at radius 1 is 1.42 bits per heavy atom. The third-order valence-corrected chi connectivity index (χ3v) is 2.75. The van der Waals surface area contributed by atoms with Crippen molar-refractivity contribution in [1.29, 1.82) is 0 Å². The number of nitrogens with zero attached hydrogens (tertiary/aromatic N) is 1. The standard InChI is InChI=1S/C14H17N3O2/c1-17-8-11(15)7-13(17)14(18)16-12-5-3-4-10(6-12)9-19-2/h3-8H,9,15H2,1-2H3,(H,16,18). The summed E-state index contributed by atoms with van der Waals surface area (Å²) in [5.41, 5.74) is 8.49. The van der Waals surface area contributed by atoms with E-state index in [0.29, 0.717) is 18.0 Å². The van der Waals surface area contributed by atoms with Gasteiger partial charge in [-0.2, -0.15) is 0 Å². The molecule has 5 heteroatoms. The number of aromatic nitrogens is 1. The maximum Gasteiger partial charge on any atom is 0.272 e. The lowest BCUT2D eigenvalue weighted by atomic mass is 10.2. The lowest BCUT2D eigenvalue weighted by Crippen LogP contribution is -2.15. The van der Waals surface area contributed by atoms with Crippen LogP contribution in [0.3, 0.4) is 0 Å². The molecule has 0 unspecified atom stereocenters. The number of carbonyl (C=O) groups excluding carboxylic acids is 1. The molecule has 0 aliphatic carbocycles. The quantitative estimate of drug-likeness (QED) is 0.882. The molecule has 1 aromatic heterocycles. The molecule has 19 heavy (non-hydrogen) atoms. The first-order valence-electron chi connectivity index (χ1n) is 5.91. The third kappa shape index (κ3) is 3.14. The molecule has 0 radical (unpaired) electrons. The number of nitrogens with one attached hydrogen (secondary N) is 1. The highest BCUT2D eigenvalue weighted by Crippen LogP contribution is 2.14. The Bertz CT molecular complexity index is 590. The van der Waals surface area contributed by atoms with E-state index in [4.69, 9.17) is 10.5 Å². The molecule has 3 N–H and O–H groups in total. The summed E-state index contributed by atoms with van der Waals surface area (Å²) in [7, 11) is 3.42. The van der Waals surface area contributed by atoms with Gasteiger partial charge in [-0.25, -0.2) is 0 Å². The van der Waals surface area contributed by atoms with E-state index in [0.717, 1.165) is 11.3 Å². The van der Waals surface area contributed by atoms with Crippen molar-refractivity contribution in [2.24, 2.45) is 7.05 Å². The minimum absolute atomic E-state index is 0.186. The SMILES string of the molecule is COCc1cccc(NC(=O)c2cc(N)cn2C)c1. The van der Waals surface area contributed by atoms with E-state index in [2.05, 4.69) is 5.32 Å². The summed E-state index contributed by atoms with van der Waals surface area (Å²) in [6.45, 7) is 0.515. The Balaban J connectivity index is 2.14. The third-order valence-electron chi connectivity index (χ3n) is 2.75. The minimum Gasteiger partial charge on any atom is -0.397 e. The average Bonchev–Trinajstić information content (AvgIpc) is 2.69. The highest BCUT2D eigenvalue weighted by molar-refractivity contribution is 6.03. The number of methoxy groups -OCH3 is 1. The van der Waals surface area contributed by atoms with E-state index in [-0.39, 0.29) is 5.91 Å². The van der Waals surface area contributed by atoms with Gasteiger partial charge >= 0.3 is 0 Å². The number of ether oxygens (including phenoxy) is 1. The number of amides is 1. The number of hydrogen-bond donors (Lipinski definition) is 2. The molecule has 100 valence electrons. The maximum absolute atomic E-state index is 12.1. The van der Waals surface area contributed by atoms with Crippen molar-refractivity contribution in [3.05, 3.63) is 47.8 Å². The Morgan fingerprint density at radius 3 is 2.84 bits per heavy atom. The van der Waals surface area contributed by atoms with Gasteiger partial charge in [-0.15, -0.1) is 0 Å². The lowest BCUT2D eigenvalue weighted by Gasteiger charge is -2.07. The van der Waals surface area contributed by atoms with Gasteiger partial charge in [-0.1, -0.05) is 12.1 Å². The van der Waals surface area contributed by atoms with Crippen LogP contribution >= 0.6 is 0 Å². The van der Waals surface area contributed by atoms with Crippen molar-refractivity contribution in [3.8, 4) is 0 Å². The number of hydrogen-bond acceptors (Lipinski definition) is 3. The Morgan fingerprint density at radius 2 is 2.21 bits per heavy atom. The number of carbonyl (C=O) groups is 1. The summed E-state index contributed by atoms with van der Waals surface area (Å²) in [5.74, 6) is -0.186. The Kier molecular flexibility index (Phi) is 3.87. The number of anilines is 2. The van der Waals surface area contributed by atoms with Crippen molar-refractivity contribution < 1.29 is 9.53 Å². The van der Waals surface area contributed by atoms with E-state index in [9.17, 15) is 4.79 Å². The number of nitrogen functional groups attached to an aromatic ring is 1. The minimum atomic E-state index is -0.186. The summed E-state index contributed by atoms with van der Waals surface area (Å²) in [4.78, 5) is 12.1. The molecule has 0 atom stereocenters. The molecule has 5 nitrogen and oxygen atoms in total. The fourth-order valence-corrected chi connectivity index (χ4v) is 1.92. The largest absolute Gasteiger partial charge is 0.397 e. The lowest BCUT2D eigenvalue weighted by molar-refractivity contribution is 0.101. The molecule has 0 saturated carbocycles. The second-order valence-electron chi connectivity index (χ2n) is 4.36. The van der Waals surface area contributed by atoms with Gasteiger partial charge in [-0.05, 0) is 23.8 Å². The van der Waals surface area contributed by atoms with Crippen LogP contribution in [0.15, 0.2) is 36.5 Å². The monoisotopic (exact) mass is 259 g/mol. The Hall–Kier alpha value is -2.27. The molecule has 1 aromatic carbocycles. The number of rotatable bonds is 4. The average molecular weight is 259 g/mol. The van der Waals surface area contributed by atoms with Gasteiger partial charge < -0.3 is 20.4 Å². The van der Waals surface area contributed by atoms with Gasteiger partial charge in [0.1, 0.15) is 5.69 Å². The maximum atomic E-state index is 12.1. The van der Waals surface area contributed by atoms with Crippen molar-refractivity contribution in [1.82, 2.24) is 4.57 Å². The molecule has 0 aliphatic rings. The van der Waals surface area contributed by atoms with Gasteiger partial charge in [0.15, 0.2) is 0 Å². The topological polar surface area (TPSA) is 69.3 Å². The zero-order valence-electron chi connectivity index (χ0n) is 11.0. The molecule has 0 saturated heterocycles. The summed E-state index contributed by atoms with van der Waals surface area (Å²) in [6.07, 6.45) is 1.70. The zero-order valence-corrected chi connectivity index (χ0v) is 11.0. The molecule has 1 heterocycles. The predicted octanol–water partition coefficient (Wildman–Crippen LogP) is 2.01. The fraction of sp³-hybridized carbons (Fsp3) is 0.214. The first-order chi connectivity index (χ1) is 9.10. The van der Waals surface area contributed by atoms with E-state index < -0.39 is 0 Å². The van der Waals surface area contributed by atoms with Crippen molar-refractivity contribution in [3.63, 3.8) is 0 Å². The molecule has 0 bridgehead atoms. The van der Waals surface area contributed by atoms with Gasteiger partial charge in [-0.3, -0.25) is 4.79 Å². The summed E-state index contributed by atoms with van der Waals surface area (Å²) < 4.78 is 6.76. The van der Waals surface area contributed by atoms with Gasteiger partial charge in [0.25, 0.3) is 5.91 Å². The van der Waals surface area contributed by atoms with Crippen LogP contribution in [0.2, 0.25) is 0 Å². The first kappa shape index (κ1) is 13.2. The molecular weight excluding hydrogens is 242 g/mol. The molecule has 0 fully saturated rings. The molecule has 1 amide bonds. The van der Waals surface area contributed by atoms with Crippen LogP contribution in [-0.4, -0.2) is 17.6 Å². The number of nitrogens with two attached hydrogens (primary N) is 1. The summed E-state index contributed by atoms with van der Waals surface area (Å²) in [5, 5.41) is 2.84.